The van der Waals surface area contributed by atoms with Gasteiger partial charge in [0.05, 0.1) is 12.8 Å². The minimum atomic E-state index is -0.582. The lowest BCUT2D eigenvalue weighted by Gasteiger charge is -2.21. The molecule has 148 valence electrons. The summed E-state index contributed by atoms with van der Waals surface area (Å²) < 4.78 is 5.53. The zero-order valence-corrected chi connectivity index (χ0v) is 16.8. The molecule has 1 atom stereocenters. The number of hydrogen-bond acceptors (Lipinski definition) is 3. The highest BCUT2D eigenvalue weighted by Crippen LogP contribution is 2.21. The van der Waals surface area contributed by atoms with Crippen LogP contribution in [0.3, 0.4) is 0 Å². The first-order valence-electron chi connectivity index (χ1n) is 10.5. The standard InChI is InChI=1S/C24H34O3/c1-22(25)18-14-11-9-7-5-3-2-4-6-8-10-12-17-21-24(26)27-23-19-15-13-16-20-23/h22-23,25H,4-6,8,10-13,15-17,19-21H2,1H3/t22-/m1/s1. The van der Waals surface area contributed by atoms with Gasteiger partial charge in [-0.25, -0.2) is 0 Å². The van der Waals surface area contributed by atoms with Crippen LogP contribution < -0.4 is 0 Å². The summed E-state index contributed by atoms with van der Waals surface area (Å²) in [6.45, 7) is 1.64. The van der Waals surface area contributed by atoms with Crippen molar-refractivity contribution in [2.24, 2.45) is 0 Å². The highest BCUT2D eigenvalue weighted by atomic mass is 16.5. The van der Waals surface area contributed by atoms with Crippen molar-refractivity contribution in [3.63, 3.8) is 0 Å². The number of hydrogen-bond donors (Lipinski definition) is 1. The van der Waals surface area contributed by atoms with E-state index in [4.69, 9.17) is 9.84 Å². The molecule has 1 aliphatic rings. The predicted molar refractivity (Wildman–Crippen MR) is 110 cm³/mol. The first kappa shape index (κ1) is 23.1. The molecule has 1 fully saturated rings. The van der Waals surface area contributed by atoms with E-state index in [2.05, 4.69) is 35.5 Å². The molecular weight excluding hydrogens is 336 g/mol. The predicted octanol–water partition coefficient (Wildman–Crippen LogP) is 4.76. The number of aliphatic hydroxyl groups is 1. The number of rotatable bonds is 8. The van der Waals surface area contributed by atoms with Gasteiger partial charge in [0.15, 0.2) is 0 Å². The molecule has 0 aromatic rings. The van der Waals surface area contributed by atoms with Gasteiger partial charge in [0.2, 0.25) is 0 Å². The Morgan fingerprint density at radius 2 is 1.56 bits per heavy atom. The van der Waals surface area contributed by atoms with Crippen molar-refractivity contribution in [1.29, 1.82) is 0 Å². The van der Waals surface area contributed by atoms with Crippen molar-refractivity contribution < 1.29 is 14.6 Å². The van der Waals surface area contributed by atoms with Crippen LogP contribution >= 0.6 is 0 Å². The number of unbranched alkanes of at least 4 members (excludes halogenated alkanes) is 5. The summed E-state index contributed by atoms with van der Waals surface area (Å²) in [7, 11) is 0. The summed E-state index contributed by atoms with van der Waals surface area (Å²) >= 11 is 0. The van der Waals surface area contributed by atoms with Crippen molar-refractivity contribution >= 4 is 5.97 Å². The molecule has 3 nitrogen and oxygen atoms in total. The zero-order valence-electron chi connectivity index (χ0n) is 16.8. The summed E-state index contributed by atoms with van der Waals surface area (Å²) in [5, 5.41) is 8.96. The molecule has 0 aromatic carbocycles. The Hall–Kier alpha value is -1.89. The van der Waals surface area contributed by atoms with Crippen LogP contribution in [0.1, 0.15) is 96.8 Å². The number of carbonyl (C=O) groups excluding carboxylic acids is 1. The molecule has 1 aliphatic carbocycles. The van der Waals surface area contributed by atoms with Gasteiger partial charge in [-0.05, 0) is 45.4 Å². The van der Waals surface area contributed by atoms with E-state index in [1.165, 1.54) is 19.3 Å². The van der Waals surface area contributed by atoms with Crippen LogP contribution in [0.25, 0.3) is 0 Å². The van der Waals surface area contributed by atoms with Crippen LogP contribution in [0.2, 0.25) is 0 Å². The van der Waals surface area contributed by atoms with Crippen molar-refractivity contribution in [2.45, 2.75) is 109 Å². The van der Waals surface area contributed by atoms with E-state index in [-0.39, 0.29) is 12.1 Å². The second kappa shape index (κ2) is 16.3. The van der Waals surface area contributed by atoms with Crippen LogP contribution in [-0.2, 0) is 9.53 Å². The number of aliphatic hydroxyl groups excluding tert-OH is 1. The second-order valence-corrected chi connectivity index (χ2v) is 7.08. The topological polar surface area (TPSA) is 46.5 Å². The molecule has 0 spiro atoms. The largest absolute Gasteiger partial charge is 0.462 e. The SMILES string of the molecule is C[C@@H](O)C#CCC#CCC#CCCCCCCCC(=O)OC1CCCCC1. The Morgan fingerprint density at radius 1 is 0.926 bits per heavy atom. The Kier molecular flexibility index (Phi) is 14.0. The fraction of sp³-hybridized carbons (Fsp3) is 0.708. The van der Waals surface area contributed by atoms with Gasteiger partial charge in [-0.15, -0.1) is 5.92 Å². The Labute approximate surface area is 165 Å². The molecular formula is C24H34O3. The molecule has 3 heteroatoms. The zero-order chi connectivity index (χ0) is 19.6. The number of ether oxygens (including phenoxy) is 1. The fourth-order valence-electron chi connectivity index (χ4n) is 3.00. The first-order valence-corrected chi connectivity index (χ1v) is 10.5. The number of carbonyl (C=O) groups is 1. The molecule has 1 saturated carbocycles. The highest BCUT2D eigenvalue weighted by Gasteiger charge is 2.17. The van der Waals surface area contributed by atoms with E-state index in [9.17, 15) is 4.79 Å². The van der Waals surface area contributed by atoms with Crippen LogP contribution in [0.15, 0.2) is 0 Å². The average molecular weight is 371 g/mol. The maximum absolute atomic E-state index is 11.8. The van der Waals surface area contributed by atoms with Crippen LogP contribution in [0.4, 0.5) is 0 Å². The summed E-state index contributed by atoms with van der Waals surface area (Å²) in [6, 6.07) is 0. The van der Waals surface area contributed by atoms with Gasteiger partial charge in [0.25, 0.3) is 0 Å². The first-order chi connectivity index (χ1) is 13.2. The Balaban J connectivity index is 1.90. The molecule has 27 heavy (non-hydrogen) atoms. The molecule has 1 N–H and O–H groups in total. The van der Waals surface area contributed by atoms with Gasteiger partial charge < -0.3 is 9.84 Å². The van der Waals surface area contributed by atoms with Crippen LogP contribution in [-0.4, -0.2) is 23.3 Å². The summed E-state index contributed by atoms with van der Waals surface area (Å²) in [4.78, 5) is 11.8. The summed E-state index contributed by atoms with van der Waals surface area (Å²) in [5.74, 6) is 17.5. The minimum Gasteiger partial charge on any atom is -0.462 e. The van der Waals surface area contributed by atoms with E-state index in [0.29, 0.717) is 19.3 Å². The summed E-state index contributed by atoms with van der Waals surface area (Å²) in [6.07, 6.45) is 13.4. The van der Waals surface area contributed by atoms with E-state index in [1.54, 1.807) is 6.92 Å². The van der Waals surface area contributed by atoms with Crippen molar-refractivity contribution in [3.8, 4) is 35.5 Å². The fourth-order valence-corrected chi connectivity index (χ4v) is 3.00. The lowest BCUT2D eigenvalue weighted by atomic mass is 9.98. The second-order valence-electron chi connectivity index (χ2n) is 7.08. The quantitative estimate of drug-likeness (QED) is 0.380. The molecule has 0 bridgehead atoms. The molecule has 0 heterocycles. The molecule has 0 unspecified atom stereocenters. The van der Waals surface area contributed by atoms with Crippen molar-refractivity contribution in [1.82, 2.24) is 0 Å². The minimum absolute atomic E-state index is 0.00858. The maximum Gasteiger partial charge on any atom is 0.306 e. The van der Waals surface area contributed by atoms with Gasteiger partial charge in [0, 0.05) is 12.8 Å². The van der Waals surface area contributed by atoms with Gasteiger partial charge in [0.1, 0.15) is 12.2 Å². The normalized spacial score (nSPS) is 14.6. The molecule has 0 aliphatic heterocycles. The van der Waals surface area contributed by atoms with Gasteiger partial charge in [-0.3, -0.25) is 4.79 Å². The lowest BCUT2D eigenvalue weighted by molar-refractivity contribution is -0.150. The van der Waals surface area contributed by atoms with E-state index in [0.717, 1.165) is 51.4 Å². The van der Waals surface area contributed by atoms with Crippen LogP contribution in [0.5, 0.6) is 0 Å². The van der Waals surface area contributed by atoms with Gasteiger partial charge in [-0.2, -0.15) is 0 Å². The smallest absolute Gasteiger partial charge is 0.306 e. The summed E-state index contributed by atoms with van der Waals surface area (Å²) in [5.41, 5.74) is 0. The monoisotopic (exact) mass is 370 g/mol. The molecule has 0 amide bonds. The molecule has 0 radical (unpaired) electrons. The molecule has 0 saturated heterocycles. The third-order valence-electron chi connectivity index (χ3n) is 4.45. The van der Waals surface area contributed by atoms with Crippen molar-refractivity contribution in [2.75, 3.05) is 0 Å². The molecule has 1 rings (SSSR count). The van der Waals surface area contributed by atoms with Crippen LogP contribution in [0, 0.1) is 35.5 Å². The third-order valence-corrected chi connectivity index (χ3v) is 4.45. The van der Waals surface area contributed by atoms with E-state index < -0.39 is 6.10 Å². The third kappa shape index (κ3) is 14.9. The Morgan fingerprint density at radius 3 is 2.30 bits per heavy atom. The van der Waals surface area contributed by atoms with Gasteiger partial charge in [-0.1, -0.05) is 55.3 Å². The average Bonchev–Trinajstić information content (AvgIpc) is 2.65. The lowest BCUT2D eigenvalue weighted by Crippen LogP contribution is -2.20. The number of esters is 1. The Bertz CT molecular complexity index is 580. The van der Waals surface area contributed by atoms with E-state index >= 15 is 0 Å². The van der Waals surface area contributed by atoms with E-state index in [1.807, 2.05) is 0 Å². The maximum atomic E-state index is 11.8. The van der Waals surface area contributed by atoms with Gasteiger partial charge >= 0.3 is 5.97 Å². The highest BCUT2D eigenvalue weighted by molar-refractivity contribution is 5.69. The molecule has 0 aromatic heterocycles. The van der Waals surface area contributed by atoms with Crippen molar-refractivity contribution in [3.05, 3.63) is 0 Å².